The van der Waals surface area contributed by atoms with Gasteiger partial charge >= 0.3 is 15.9 Å². The van der Waals surface area contributed by atoms with Crippen LogP contribution in [0.15, 0.2) is 121 Å². The van der Waals surface area contributed by atoms with Crippen molar-refractivity contribution in [3.8, 4) is 5.75 Å². The minimum Gasteiger partial charge on any atom is -0.625 e. The highest BCUT2D eigenvalue weighted by Gasteiger charge is 2.42. The van der Waals surface area contributed by atoms with Crippen LogP contribution in [0.2, 0.25) is 0 Å². The second-order valence-corrected chi connectivity index (χ2v) is 12.4. The molecule has 0 aliphatic heterocycles. The number of rotatable bonds is 7. The zero-order chi connectivity index (χ0) is 22.5. The molecule has 3 nitrogen and oxygen atoms in total. The monoisotopic (exact) mass is 460 g/mol. The third-order valence-electron chi connectivity index (χ3n) is 5.76. The highest BCUT2D eigenvalue weighted by atomic mass is 28.4. The van der Waals surface area contributed by atoms with E-state index in [-0.39, 0.29) is 0 Å². The van der Waals surface area contributed by atoms with Crippen molar-refractivity contribution in [3.05, 3.63) is 127 Å². The van der Waals surface area contributed by atoms with Crippen molar-refractivity contribution >= 4 is 50.7 Å². The summed E-state index contributed by atoms with van der Waals surface area (Å²) in [6.45, 7) is 2.00. The summed E-state index contributed by atoms with van der Waals surface area (Å²) in [6.07, 6.45) is 0. The van der Waals surface area contributed by atoms with Gasteiger partial charge in [0.2, 0.25) is 0 Å². The number of para-hydroxylation sites is 1. The van der Waals surface area contributed by atoms with Gasteiger partial charge in [0, 0.05) is 11.1 Å². The van der Waals surface area contributed by atoms with Crippen LogP contribution in [-0.4, -0.2) is 29.2 Å². The molecule has 0 bridgehead atoms. The van der Waals surface area contributed by atoms with Crippen LogP contribution in [0.4, 0.5) is 0 Å². The van der Waals surface area contributed by atoms with Crippen LogP contribution < -0.4 is 19.3 Å². The van der Waals surface area contributed by atoms with Crippen LogP contribution in [0.3, 0.4) is 0 Å². The number of benzene rings is 4. The number of aromatic nitrogens is 1. The molecule has 1 radical (unpaired) electrons. The molecule has 0 N–H and O–H groups in total. The summed E-state index contributed by atoms with van der Waals surface area (Å²) < 4.78 is 13.3. The lowest BCUT2D eigenvalue weighted by Gasteiger charge is -2.34. The van der Waals surface area contributed by atoms with Crippen molar-refractivity contribution in [2.45, 2.75) is 6.92 Å². The third-order valence-corrected chi connectivity index (χ3v) is 11.4. The van der Waals surface area contributed by atoms with Gasteiger partial charge in [-0.25, -0.2) is 4.98 Å². The van der Waals surface area contributed by atoms with Gasteiger partial charge in [-0.3, -0.25) is 0 Å². The van der Waals surface area contributed by atoms with Crippen molar-refractivity contribution in [3.63, 3.8) is 0 Å². The zero-order valence-corrected chi connectivity index (χ0v) is 20.5. The van der Waals surface area contributed by atoms with Gasteiger partial charge in [0.15, 0.2) is 0 Å². The Hall–Kier alpha value is -3.20. The highest BCUT2D eigenvalue weighted by Crippen LogP contribution is 2.24. The van der Waals surface area contributed by atoms with Crippen LogP contribution in [0.5, 0.6) is 5.75 Å². The summed E-state index contributed by atoms with van der Waals surface area (Å²) in [5, 5.41) is 4.66. The van der Waals surface area contributed by atoms with E-state index in [1.54, 1.807) is 0 Å². The molecule has 5 rings (SSSR count). The molecule has 1 aromatic heterocycles. The first-order valence-electron chi connectivity index (χ1n) is 11.0. The standard InChI is InChI=1S/C18H15OSi.C10H9NO.Al/c19-20(16-10-4-1-5-11-16,17-12-6-2-7-13-17)18-14-8-3-9-15-18;1-7-5-6-8-3-2-4-9(12)10(8)11-7;/h1-15H;2-6,12H,1H3;/q-1;;+2/p-1. The topological polar surface area (TPSA) is 31.4 Å². The molecule has 33 heavy (non-hydrogen) atoms. The molecular formula is C28H23AlNO2Si. The Morgan fingerprint density at radius 1 is 0.606 bits per heavy atom. The molecule has 159 valence electrons. The first kappa shape index (κ1) is 21.6. The van der Waals surface area contributed by atoms with Gasteiger partial charge in [0.25, 0.3) is 8.32 Å². The first-order valence-corrected chi connectivity index (χ1v) is 13.8. The van der Waals surface area contributed by atoms with Crippen LogP contribution in [0.25, 0.3) is 10.9 Å². The van der Waals surface area contributed by atoms with E-state index in [1.165, 1.54) is 15.6 Å². The van der Waals surface area contributed by atoms with E-state index in [2.05, 4.69) is 84.9 Å². The molecule has 0 saturated heterocycles. The number of fused-ring (bicyclic) bond motifs is 1. The van der Waals surface area contributed by atoms with E-state index in [1.807, 2.05) is 43.3 Å². The van der Waals surface area contributed by atoms with Crippen molar-refractivity contribution in [1.29, 1.82) is 0 Å². The van der Waals surface area contributed by atoms with Crippen molar-refractivity contribution in [2.24, 2.45) is 0 Å². The van der Waals surface area contributed by atoms with Crippen molar-refractivity contribution in [2.75, 3.05) is 0 Å². The van der Waals surface area contributed by atoms with Gasteiger partial charge in [-0.15, -0.1) is 0 Å². The third kappa shape index (κ3) is 4.37. The van der Waals surface area contributed by atoms with E-state index >= 15 is 0 Å². The number of aryl methyl sites for hydroxylation is 1. The lowest BCUT2D eigenvalue weighted by molar-refractivity contribution is 0.469. The van der Waals surface area contributed by atoms with Crippen LogP contribution in [0, 0.1) is 6.92 Å². The van der Waals surface area contributed by atoms with Crippen molar-refractivity contribution < 1.29 is 7.27 Å². The maximum atomic E-state index is 6.94. The Labute approximate surface area is 202 Å². The van der Waals surface area contributed by atoms with E-state index in [0.717, 1.165) is 22.3 Å². The fourth-order valence-electron chi connectivity index (χ4n) is 4.18. The van der Waals surface area contributed by atoms with Gasteiger partial charge in [-0.05, 0) is 34.6 Å². The minimum absolute atomic E-state index is 0.767. The summed E-state index contributed by atoms with van der Waals surface area (Å²) >= 11 is -0.791. The van der Waals surface area contributed by atoms with Crippen LogP contribution in [-0.2, 0) is 3.48 Å². The molecule has 0 atom stereocenters. The average Bonchev–Trinajstić information content (AvgIpc) is 2.88. The molecular weight excluding hydrogens is 437 g/mol. The Morgan fingerprint density at radius 2 is 1.15 bits per heavy atom. The summed E-state index contributed by atoms with van der Waals surface area (Å²) in [4.78, 5) is 4.71. The predicted molar refractivity (Wildman–Crippen MR) is 138 cm³/mol. The summed E-state index contributed by atoms with van der Waals surface area (Å²) in [6, 6.07) is 41.8. The molecule has 0 amide bonds. The molecule has 5 aromatic rings. The first-order chi connectivity index (χ1) is 16.3. The number of pyridine rings is 1. The maximum absolute atomic E-state index is 6.94. The molecule has 4 aromatic carbocycles. The van der Waals surface area contributed by atoms with Gasteiger partial charge in [0.05, 0.1) is 0 Å². The molecule has 0 saturated carbocycles. The van der Waals surface area contributed by atoms with E-state index < -0.39 is 24.2 Å². The van der Waals surface area contributed by atoms with Gasteiger partial charge in [-0.1, -0.05) is 109 Å². The van der Waals surface area contributed by atoms with Gasteiger partial charge in [-0.2, -0.15) is 0 Å². The molecule has 0 fully saturated rings. The molecule has 0 aliphatic rings. The van der Waals surface area contributed by atoms with Gasteiger partial charge in [0.1, 0.15) is 11.3 Å². The Kier molecular flexibility index (Phi) is 6.39. The lowest BCUT2D eigenvalue weighted by atomic mass is 10.2. The molecule has 5 heteroatoms. The lowest BCUT2D eigenvalue weighted by Crippen LogP contribution is -2.70. The van der Waals surface area contributed by atoms with Crippen molar-refractivity contribution in [1.82, 2.24) is 4.98 Å². The minimum atomic E-state index is -2.76. The second-order valence-electron chi connectivity index (χ2n) is 7.89. The molecule has 0 spiro atoms. The normalized spacial score (nSPS) is 11.3. The van der Waals surface area contributed by atoms with Crippen LogP contribution in [0.1, 0.15) is 5.69 Å². The number of hydrogen-bond acceptors (Lipinski definition) is 3. The largest absolute Gasteiger partial charge is 0.763 e. The van der Waals surface area contributed by atoms with Gasteiger partial charge < -0.3 is 7.27 Å². The molecule has 0 unspecified atom stereocenters. The second kappa shape index (κ2) is 9.74. The Morgan fingerprint density at radius 3 is 1.70 bits per heavy atom. The zero-order valence-electron chi connectivity index (χ0n) is 18.4. The average molecular weight is 461 g/mol. The molecule has 1 heterocycles. The SMILES string of the molecule is Cc1ccc2cccc([O][Al][O][Si](c3ccccc3)(c3ccccc3)c3ccccc3)c2n1. The smallest absolute Gasteiger partial charge is 0.625 e. The quantitative estimate of drug-likeness (QED) is 0.270. The molecule has 0 aliphatic carbocycles. The fraction of sp³-hybridized carbons (Fsp3) is 0.0357. The predicted octanol–water partition coefficient (Wildman–Crippen LogP) is 4.14. The summed E-state index contributed by atoms with van der Waals surface area (Å²) in [5.74, 6) is 0.767. The maximum Gasteiger partial charge on any atom is 0.763 e. The van der Waals surface area contributed by atoms with Crippen LogP contribution >= 0.6 is 0 Å². The number of nitrogens with zero attached hydrogens (tertiary/aromatic N) is 1. The Bertz CT molecular complexity index is 1250. The van der Waals surface area contributed by atoms with E-state index in [0.29, 0.717) is 0 Å². The number of hydrogen-bond donors (Lipinski definition) is 0. The Balaban J connectivity index is 1.57. The summed E-state index contributed by atoms with van der Waals surface area (Å²) in [5.41, 5.74) is 1.84. The van der Waals surface area contributed by atoms with E-state index in [9.17, 15) is 0 Å². The van der Waals surface area contributed by atoms with E-state index in [4.69, 9.17) is 12.3 Å². The summed E-state index contributed by atoms with van der Waals surface area (Å²) in [7, 11) is -2.76. The fourth-order valence-corrected chi connectivity index (χ4v) is 9.87. The highest BCUT2D eigenvalue weighted by molar-refractivity contribution is 7.08.